The van der Waals surface area contributed by atoms with E-state index >= 15 is 0 Å². The molecule has 0 aliphatic heterocycles. The fraction of sp³-hybridized carbons (Fsp3) is 0.500. The van der Waals surface area contributed by atoms with Gasteiger partial charge in [0.15, 0.2) is 0 Å². The topological polar surface area (TPSA) is 59.0 Å². The highest BCUT2D eigenvalue weighted by molar-refractivity contribution is 5.69. The van der Waals surface area contributed by atoms with Gasteiger partial charge in [0, 0.05) is 27.3 Å². The standard InChI is InChI=1S/C14H21NO4/c1-18-8-7-15(10-14(16)17)9-12-5-3-4-6-13(12)11-19-2/h3-6H,7-11H2,1-2H3,(H,16,17). The van der Waals surface area contributed by atoms with Crippen LogP contribution in [0.4, 0.5) is 0 Å². The fourth-order valence-electron chi connectivity index (χ4n) is 1.87. The van der Waals surface area contributed by atoms with Crippen LogP contribution < -0.4 is 0 Å². The van der Waals surface area contributed by atoms with E-state index in [2.05, 4.69) is 0 Å². The van der Waals surface area contributed by atoms with Crippen LogP contribution in [0.1, 0.15) is 11.1 Å². The maximum atomic E-state index is 10.9. The Morgan fingerprint density at radius 3 is 2.47 bits per heavy atom. The number of methoxy groups -OCH3 is 2. The number of carboxylic acids is 1. The van der Waals surface area contributed by atoms with Gasteiger partial charge in [-0.05, 0) is 11.1 Å². The molecule has 0 aromatic heterocycles. The molecule has 0 bridgehead atoms. The van der Waals surface area contributed by atoms with E-state index in [-0.39, 0.29) is 6.54 Å². The molecule has 0 fully saturated rings. The highest BCUT2D eigenvalue weighted by Crippen LogP contribution is 2.12. The third kappa shape index (κ3) is 5.83. The maximum Gasteiger partial charge on any atom is 0.317 e. The van der Waals surface area contributed by atoms with Gasteiger partial charge in [-0.2, -0.15) is 0 Å². The first kappa shape index (κ1) is 15.6. The minimum atomic E-state index is -0.833. The predicted molar refractivity (Wildman–Crippen MR) is 71.9 cm³/mol. The van der Waals surface area contributed by atoms with Gasteiger partial charge in [-0.3, -0.25) is 9.69 Å². The highest BCUT2D eigenvalue weighted by Gasteiger charge is 2.12. The number of ether oxygens (including phenoxy) is 2. The Bertz CT molecular complexity index is 395. The van der Waals surface area contributed by atoms with E-state index < -0.39 is 5.97 Å². The molecule has 1 N–H and O–H groups in total. The first-order valence-electron chi connectivity index (χ1n) is 6.16. The summed E-state index contributed by atoms with van der Waals surface area (Å²) in [6, 6.07) is 7.89. The first-order chi connectivity index (χ1) is 9.17. The molecule has 1 rings (SSSR count). The molecule has 0 spiro atoms. The molecule has 0 saturated heterocycles. The summed E-state index contributed by atoms with van der Waals surface area (Å²) < 4.78 is 10.2. The van der Waals surface area contributed by atoms with Crippen molar-refractivity contribution in [3.05, 3.63) is 35.4 Å². The van der Waals surface area contributed by atoms with Crippen molar-refractivity contribution in [1.82, 2.24) is 4.90 Å². The van der Waals surface area contributed by atoms with Crippen LogP contribution in [0.2, 0.25) is 0 Å². The Morgan fingerprint density at radius 2 is 1.89 bits per heavy atom. The van der Waals surface area contributed by atoms with E-state index in [1.165, 1.54) is 0 Å². The summed E-state index contributed by atoms with van der Waals surface area (Å²) in [6.07, 6.45) is 0. The van der Waals surface area contributed by atoms with Crippen molar-refractivity contribution in [3.8, 4) is 0 Å². The van der Waals surface area contributed by atoms with Crippen molar-refractivity contribution < 1.29 is 19.4 Å². The van der Waals surface area contributed by atoms with Gasteiger partial charge in [-0.15, -0.1) is 0 Å². The van der Waals surface area contributed by atoms with Gasteiger partial charge in [0.25, 0.3) is 0 Å². The molecule has 0 radical (unpaired) electrons. The lowest BCUT2D eigenvalue weighted by Gasteiger charge is -2.21. The molecule has 19 heavy (non-hydrogen) atoms. The van der Waals surface area contributed by atoms with Gasteiger partial charge in [0.2, 0.25) is 0 Å². The van der Waals surface area contributed by atoms with Crippen molar-refractivity contribution in [2.24, 2.45) is 0 Å². The molecule has 0 amide bonds. The van der Waals surface area contributed by atoms with Crippen molar-refractivity contribution in [3.63, 3.8) is 0 Å². The molecule has 1 aromatic rings. The Hall–Kier alpha value is -1.43. The molecule has 0 saturated carbocycles. The molecule has 0 atom stereocenters. The van der Waals surface area contributed by atoms with Crippen molar-refractivity contribution in [2.75, 3.05) is 33.9 Å². The molecule has 1 aromatic carbocycles. The number of hydrogen-bond acceptors (Lipinski definition) is 4. The lowest BCUT2D eigenvalue weighted by Crippen LogP contribution is -2.32. The molecule has 0 aliphatic carbocycles. The SMILES string of the molecule is COCCN(CC(=O)O)Cc1ccccc1COC. The number of hydrogen-bond donors (Lipinski definition) is 1. The van der Waals surface area contributed by atoms with E-state index in [1.807, 2.05) is 29.2 Å². The second kappa shape index (κ2) is 8.63. The normalized spacial score (nSPS) is 10.9. The summed E-state index contributed by atoms with van der Waals surface area (Å²) in [7, 11) is 3.26. The third-order valence-corrected chi connectivity index (χ3v) is 2.78. The Balaban J connectivity index is 2.73. The van der Waals surface area contributed by atoms with Gasteiger partial charge < -0.3 is 14.6 Å². The molecule has 0 heterocycles. The van der Waals surface area contributed by atoms with Crippen LogP contribution in [0.15, 0.2) is 24.3 Å². The Labute approximate surface area is 113 Å². The molecule has 0 aliphatic rings. The molecular formula is C14H21NO4. The number of nitrogens with zero attached hydrogens (tertiary/aromatic N) is 1. The molecule has 5 heteroatoms. The molecule has 0 unspecified atom stereocenters. The van der Waals surface area contributed by atoms with Crippen LogP contribution in [0.25, 0.3) is 0 Å². The summed E-state index contributed by atoms with van der Waals surface area (Å²) in [4.78, 5) is 12.7. The van der Waals surface area contributed by atoms with Crippen LogP contribution in [-0.4, -0.2) is 49.9 Å². The average molecular weight is 267 g/mol. The van der Waals surface area contributed by atoms with Crippen LogP contribution in [0.5, 0.6) is 0 Å². The number of carboxylic acid groups (broad SMARTS) is 1. The summed E-state index contributed by atoms with van der Waals surface area (Å²) in [5, 5.41) is 8.93. The van der Waals surface area contributed by atoms with Gasteiger partial charge in [0.1, 0.15) is 0 Å². The van der Waals surface area contributed by atoms with E-state index in [0.29, 0.717) is 26.3 Å². The van der Waals surface area contributed by atoms with E-state index in [1.54, 1.807) is 14.2 Å². The highest BCUT2D eigenvalue weighted by atomic mass is 16.5. The van der Waals surface area contributed by atoms with Crippen LogP contribution >= 0.6 is 0 Å². The van der Waals surface area contributed by atoms with Gasteiger partial charge in [-0.25, -0.2) is 0 Å². The smallest absolute Gasteiger partial charge is 0.317 e. The first-order valence-corrected chi connectivity index (χ1v) is 6.16. The van der Waals surface area contributed by atoms with Gasteiger partial charge in [-0.1, -0.05) is 24.3 Å². The minimum absolute atomic E-state index is 0.00464. The Kier molecular flexibility index (Phi) is 7.10. The zero-order valence-corrected chi connectivity index (χ0v) is 11.5. The summed E-state index contributed by atoms with van der Waals surface area (Å²) in [5.41, 5.74) is 2.17. The molecule has 5 nitrogen and oxygen atoms in total. The van der Waals surface area contributed by atoms with Crippen molar-refractivity contribution in [2.45, 2.75) is 13.2 Å². The maximum absolute atomic E-state index is 10.9. The van der Waals surface area contributed by atoms with E-state index in [9.17, 15) is 4.79 Å². The summed E-state index contributed by atoms with van der Waals surface area (Å²) in [6.45, 7) is 2.21. The zero-order chi connectivity index (χ0) is 14.1. The third-order valence-electron chi connectivity index (χ3n) is 2.78. The summed E-state index contributed by atoms with van der Waals surface area (Å²) in [5.74, 6) is -0.833. The minimum Gasteiger partial charge on any atom is -0.480 e. The van der Waals surface area contributed by atoms with E-state index in [0.717, 1.165) is 11.1 Å². The van der Waals surface area contributed by atoms with E-state index in [4.69, 9.17) is 14.6 Å². The fourth-order valence-corrected chi connectivity index (χ4v) is 1.87. The largest absolute Gasteiger partial charge is 0.480 e. The van der Waals surface area contributed by atoms with Crippen LogP contribution in [0, 0.1) is 0 Å². The lowest BCUT2D eigenvalue weighted by atomic mass is 10.1. The predicted octanol–water partition coefficient (Wildman–Crippen LogP) is 1.37. The lowest BCUT2D eigenvalue weighted by molar-refractivity contribution is -0.138. The van der Waals surface area contributed by atoms with Crippen LogP contribution in [-0.2, 0) is 27.4 Å². The second-order valence-corrected chi connectivity index (χ2v) is 4.30. The number of carbonyl (C=O) groups is 1. The van der Waals surface area contributed by atoms with Crippen molar-refractivity contribution >= 4 is 5.97 Å². The van der Waals surface area contributed by atoms with Gasteiger partial charge >= 0.3 is 5.97 Å². The molecule has 106 valence electrons. The average Bonchev–Trinajstić information content (AvgIpc) is 2.38. The summed E-state index contributed by atoms with van der Waals surface area (Å²) >= 11 is 0. The second-order valence-electron chi connectivity index (χ2n) is 4.30. The Morgan fingerprint density at radius 1 is 1.21 bits per heavy atom. The molecular weight excluding hydrogens is 246 g/mol. The zero-order valence-electron chi connectivity index (χ0n) is 11.5. The van der Waals surface area contributed by atoms with Gasteiger partial charge in [0.05, 0.1) is 19.8 Å². The van der Waals surface area contributed by atoms with Crippen molar-refractivity contribution in [1.29, 1.82) is 0 Å². The number of benzene rings is 1. The number of aliphatic carboxylic acids is 1. The van der Waals surface area contributed by atoms with Crippen LogP contribution in [0.3, 0.4) is 0 Å². The number of rotatable bonds is 9. The monoisotopic (exact) mass is 267 g/mol. The quantitative estimate of drug-likeness (QED) is 0.732.